The molecule has 0 bridgehead atoms. The number of rotatable bonds is 3. The second-order valence-electron chi connectivity index (χ2n) is 12.5. The Morgan fingerprint density at radius 2 is 0.787 bits per heavy atom. The molecule has 1 heterocycles. The summed E-state index contributed by atoms with van der Waals surface area (Å²) in [5.41, 5.74) is 7.60. The van der Waals surface area contributed by atoms with Gasteiger partial charge in [-0.15, -0.1) is 11.3 Å². The van der Waals surface area contributed by atoms with Gasteiger partial charge >= 0.3 is 0 Å². The number of thiophene rings is 1. The Kier molecular flexibility index (Phi) is 5.85. The normalized spacial score (nSPS) is 11.8. The first-order chi connectivity index (χ1) is 23.3. The van der Waals surface area contributed by atoms with Crippen molar-refractivity contribution in [2.75, 3.05) is 0 Å². The fourth-order valence-corrected chi connectivity index (χ4v) is 8.82. The molecule has 0 N–H and O–H groups in total. The van der Waals surface area contributed by atoms with E-state index >= 15 is 0 Å². The van der Waals surface area contributed by atoms with Gasteiger partial charge < -0.3 is 0 Å². The zero-order chi connectivity index (χ0) is 30.9. The average Bonchev–Trinajstić information content (AvgIpc) is 3.52. The molecule has 0 radical (unpaired) electrons. The molecule has 0 aliphatic rings. The van der Waals surface area contributed by atoms with Gasteiger partial charge in [0.2, 0.25) is 0 Å². The van der Waals surface area contributed by atoms with Crippen molar-refractivity contribution >= 4 is 74.6 Å². The Morgan fingerprint density at radius 1 is 0.277 bits per heavy atom. The monoisotopic (exact) mass is 612 g/mol. The molecule has 0 amide bonds. The Hall–Kier alpha value is -5.76. The summed E-state index contributed by atoms with van der Waals surface area (Å²) >= 11 is 1.90. The van der Waals surface area contributed by atoms with Crippen LogP contribution in [0.25, 0.3) is 96.6 Å². The summed E-state index contributed by atoms with van der Waals surface area (Å²) in [6, 6.07) is 62.7. The van der Waals surface area contributed by atoms with Crippen LogP contribution in [0.15, 0.2) is 170 Å². The third kappa shape index (κ3) is 4.14. The van der Waals surface area contributed by atoms with E-state index in [0.29, 0.717) is 0 Å². The fraction of sp³-hybridized carbons (Fsp3) is 0. The Balaban J connectivity index is 1.19. The Morgan fingerprint density at radius 3 is 1.47 bits per heavy atom. The van der Waals surface area contributed by atoms with Crippen molar-refractivity contribution in [1.29, 1.82) is 0 Å². The van der Waals surface area contributed by atoms with Gasteiger partial charge in [-0.1, -0.05) is 146 Å². The number of benzene rings is 9. The van der Waals surface area contributed by atoms with E-state index < -0.39 is 0 Å². The second-order valence-corrected chi connectivity index (χ2v) is 13.5. The van der Waals surface area contributed by atoms with E-state index in [-0.39, 0.29) is 0 Å². The molecule has 0 nitrogen and oxygen atoms in total. The minimum absolute atomic E-state index is 1.24. The predicted molar refractivity (Wildman–Crippen MR) is 206 cm³/mol. The summed E-state index contributed by atoms with van der Waals surface area (Å²) in [7, 11) is 0. The lowest BCUT2D eigenvalue weighted by Crippen LogP contribution is -1.91. The van der Waals surface area contributed by atoms with Crippen molar-refractivity contribution in [2.45, 2.75) is 0 Å². The van der Waals surface area contributed by atoms with Crippen LogP contribution >= 0.6 is 11.3 Å². The highest BCUT2D eigenvalue weighted by Gasteiger charge is 2.18. The SMILES string of the molecule is c1ccc(-c2ccc3cc(-c4c5ccccc5c(-c5ccc6c(c5)sc5ccc7ccccc7c56)c5ccccc45)ccc3c2)cc1. The summed E-state index contributed by atoms with van der Waals surface area (Å²) < 4.78 is 2.67. The van der Waals surface area contributed by atoms with Gasteiger partial charge in [-0.25, -0.2) is 0 Å². The first-order valence-electron chi connectivity index (χ1n) is 16.2. The maximum absolute atomic E-state index is 2.42. The molecule has 10 aromatic rings. The van der Waals surface area contributed by atoms with Crippen LogP contribution in [0.3, 0.4) is 0 Å². The zero-order valence-electron chi connectivity index (χ0n) is 25.6. The van der Waals surface area contributed by atoms with Crippen molar-refractivity contribution < 1.29 is 0 Å². The average molecular weight is 613 g/mol. The largest absolute Gasteiger partial charge is 0.135 e. The number of fused-ring (bicyclic) bond motifs is 8. The lowest BCUT2D eigenvalue weighted by atomic mass is 9.85. The van der Waals surface area contributed by atoms with E-state index in [1.165, 1.54) is 96.6 Å². The maximum Gasteiger partial charge on any atom is 0.0361 e. The summed E-state index contributed by atoms with van der Waals surface area (Å²) in [4.78, 5) is 0. The van der Waals surface area contributed by atoms with Gasteiger partial charge in [0, 0.05) is 20.2 Å². The Bertz CT molecular complexity index is 2780. The third-order valence-electron chi connectivity index (χ3n) is 9.82. The lowest BCUT2D eigenvalue weighted by molar-refractivity contribution is 1.64. The molecule has 1 heteroatoms. The van der Waals surface area contributed by atoms with Gasteiger partial charge in [0.1, 0.15) is 0 Å². The molecule has 10 rings (SSSR count). The molecule has 0 saturated heterocycles. The minimum atomic E-state index is 1.24. The van der Waals surface area contributed by atoms with Gasteiger partial charge in [0.15, 0.2) is 0 Å². The number of hydrogen-bond acceptors (Lipinski definition) is 1. The highest BCUT2D eigenvalue weighted by molar-refractivity contribution is 7.26. The van der Waals surface area contributed by atoms with Crippen LogP contribution in [0.4, 0.5) is 0 Å². The van der Waals surface area contributed by atoms with Gasteiger partial charge in [0.25, 0.3) is 0 Å². The fourth-order valence-electron chi connectivity index (χ4n) is 7.66. The van der Waals surface area contributed by atoms with Crippen molar-refractivity contribution in [3.8, 4) is 33.4 Å². The van der Waals surface area contributed by atoms with Gasteiger partial charge in [-0.2, -0.15) is 0 Å². The molecule has 0 aliphatic heterocycles. The van der Waals surface area contributed by atoms with Crippen LogP contribution in [-0.2, 0) is 0 Å². The smallest absolute Gasteiger partial charge is 0.0361 e. The van der Waals surface area contributed by atoms with Gasteiger partial charge in [-0.3, -0.25) is 0 Å². The van der Waals surface area contributed by atoms with Crippen LogP contribution in [0.2, 0.25) is 0 Å². The van der Waals surface area contributed by atoms with E-state index in [9.17, 15) is 0 Å². The molecule has 0 spiro atoms. The first kappa shape index (κ1) is 26.5. The van der Waals surface area contributed by atoms with Crippen molar-refractivity contribution in [2.24, 2.45) is 0 Å². The molecule has 0 atom stereocenters. The molecular formula is C46H28S. The molecule has 1 aromatic heterocycles. The van der Waals surface area contributed by atoms with Crippen LogP contribution < -0.4 is 0 Å². The van der Waals surface area contributed by atoms with E-state index in [0.717, 1.165) is 0 Å². The zero-order valence-corrected chi connectivity index (χ0v) is 26.4. The molecule has 0 unspecified atom stereocenters. The molecule has 0 saturated carbocycles. The van der Waals surface area contributed by atoms with Crippen LogP contribution in [-0.4, -0.2) is 0 Å². The second kappa shape index (κ2) is 10.4. The van der Waals surface area contributed by atoms with Crippen LogP contribution in [0.5, 0.6) is 0 Å². The first-order valence-corrected chi connectivity index (χ1v) is 17.0. The summed E-state index contributed by atoms with van der Waals surface area (Å²) in [5, 5.41) is 13.0. The van der Waals surface area contributed by atoms with E-state index in [4.69, 9.17) is 0 Å². The van der Waals surface area contributed by atoms with Crippen LogP contribution in [0, 0.1) is 0 Å². The van der Waals surface area contributed by atoms with Gasteiger partial charge in [0.05, 0.1) is 0 Å². The van der Waals surface area contributed by atoms with E-state index in [1.807, 2.05) is 11.3 Å². The molecular weight excluding hydrogens is 585 g/mol. The number of hydrogen-bond donors (Lipinski definition) is 0. The predicted octanol–water partition coefficient (Wildman–Crippen LogP) is 13.7. The lowest BCUT2D eigenvalue weighted by Gasteiger charge is -2.18. The standard InChI is InChI=1S/C46H28S/c1-2-10-29(11-3-1)31-18-19-33-27-34(21-20-32(33)26-31)44-37-14-6-8-16-39(37)45(40-17-9-7-15-38(40)44)35-22-24-41-43(28-35)47-42-25-23-30-12-4-5-13-36(30)46(41)42/h1-28H. The summed E-state index contributed by atoms with van der Waals surface area (Å²) in [6.07, 6.45) is 0. The highest BCUT2D eigenvalue weighted by atomic mass is 32.1. The van der Waals surface area contributed by atoms with Crippen LogP contribution in [0.1, 0.15) is 0 Å². The molecule has 0 fully saturated rings. The molecule has 9 aromatic carbocycles. The minimum Gasteiger partial charge on any atom is -0.135 e. The molecule has 47 heavy (non-hydrogen) atoms. The van der Waals surface area contributed by atoms with Gasteiger partial charge in [-0.05, 0) is 101 Å². The summed E-state index contributed by atoms with van der Waals surface area (Å²) in [5.74, 6) is 0. The van der Waals surface area contributed by atoms with Crippen molar-refractivity contribution in [1.82, 2.24) is 0 Å². The third-order valence-corrected chi connectivity index (χ3v) is 10.9. The quantitative estimate of drug-likeness (QED) is 0.174. The summed E-state index contributed by atoms with van der Waals surface area (Å²) in [6.45, 7) is 0. The maximum atomic E-state index is 2.42. The van der Waals surface area contributed by atoms with E-state index in [1.54, 1.807) is 0 Å². The van der Waals surface area contributed by atoms with Crippen molar-refractivity contribution in [3.05, 3.63) is 170 Å². The van der Waals surface area contributed by atoms with Crippen molar-refractivity contribution in [3.63, 3.8) is 0 Å². The molecule has 218 valence electrons. The topological polar surface area (TPSA) is 0 Å². The Labute approximate surface area is 276 Å². The highest BCUT2D eigenvalue weighted by Crippen LogP contribution is 2.46. The molecule has 0 aliphatic carbocycles. The van der Waals surface area contributed by atoms with E-state index in [2.05, 4.69) is 170 Å².